The van der Waals surface area contributed by atoms with Crippen LogP contribution in [0.3, 0.4) is 0 Å². The number of thiazole rings is 1. The van der Waals surface area contributed by atoms with E-state index in [4.69, 9.17) is 9.47 Å². The van der Waals surface area contributed by atoms with E-state index >= 15 is 0 Å². The van der Waals surface area contributed by atoms with Crippen molar-refractivity contribution in [2.75, 3.05) is 25.5 Å². The Morgan fingerprint density at radius 1 is 1.71 bits per heavy atom. The maximum Gasteiger partial charge on any atom is 0.410 e. The highest BCUT2D eigenvalue weighted by molar-refractivity contribution is 8.01. The number of cyclic esters (lactones) is 1. The Kier molecular flexibility index (Phi) is 5.57. The lowest BCUT2D eigenvalue weighted by molar-refractivity contribution is -0.110. The fraction of sp³-hybridized carbons (Fsp3) is 0.500. The maximum atomic E-state index is 11.5. The molecule has 1 atom stereocenters. The van der Waals surface area contributed by atoms with Crippen LogP contribution in [0.2, 0.25) is 0 Å². The fourth-order valence-corrected chi connectivity index (χ4v) is 3.49. The van der Waals surface area contributed by atoms with E-state index in [1.54, 1.807) is 12.3 Å². The molecule has 0 spiro atoms. The molecule has 7 nitrogen and oxygen atoms in total. The van der Waals surface area contributed by atoms with Crippen molar-refractivity contribution >= 4 is 41.4 Å². The highest BCUT2D eigenvalue weighted by atomic mass is 32.2. The SMILES string of the molecule is CCOC(=O)c1csc(SCCN2C(=O)OCC2C=O)n1. The topological polar surface area (TPSA) is 85.8 Å². The molecule has 114 valence electrons. The number of aromatic nitrogens is 1. The summed E-state index contributed by atoms with van der Waals surface area (Å²) in [7, 11) is 0. The highest BCUT2D eigenvalue weighted by Crippen LogP contribution is 2.23. The van der Waals surface area contributed by atoms with Crippen LogP contribution in [-0.2, 0) is 14.3 Å². The van der Waals surface area contributed by atoms with Crippen molar-refractivity contribution in [1.82, 2.24) is 9.88 Å². The van der Waals surface area contributed by atoms with Gasteiger partial charge in [0.1, 0.15) is 18.9 Å². The van der Waals surface area contributed by atoms with Gasteiger partial charge in [-0.15, -0.1) is 11.3 Å². The maximum absolute atomic E-state index is 11.5. The summed E-state index contributed by atoms with van der Waals surface area (Å²) in [5, 5.41) is 1.64. The molecule has 0 N–H and O–H groups in total. The number of amides is 1. The number of rotatable bonds is 7. The van der Waals surface area contributed by atoms with Crippen molar-refractivity contribution < 1.29 is 23.9 Å². The van der Waals surface area contributed by atoms with Gasteiger partial charge < -0.3 is 14.3 Å². The average molecular weight is 330 g/mol. The molecule has 21 heavy (non-hydrogen) atoms. The average Bonchev–Trinajstić information content (AvgIpc) is 3.07. The Hall–Kier alpha value is -1.61. The van der Waals surface area contributed by atoms with Gasteiger partial charge in [-0.2, -0.15) is 0 Å². The molecule has 0 aliphatic carbocycles. The summed E-state index contributed by atoms with van der Waals surface area (Å²) < 4.78 is 10.4. The third-order valence-corrected chi connectivity index (χ3v) is 4.70. The van der Waals surface area contributed by atoms with Crippen LogP contribution in [0.1, 0.15) is 17.4 Å². The Balaban J connectivity index is 1.82. The molecule has 0 aromatic carbocycles. The van der Waals surface area contributed by atoms with Gasteiger partial charge in [-0.05, 0) is 6.92 Å². The van der Waals surface area contributed by atoms with Crippen LogP contribution in [0.4, 0.5) is 4.79 Å². The van der Waals surface area contributed by atoms with Gasteiger partial charge in [0.2, 0.25) is 0 Å². The molecule has 1 aliphatic heterocycles. The fourth-order valence-electron chi connectivity index (χ4n) is 1.69. The molecule has 9 heteroatoms. The Bertz CT molecular complexity index is 533. The van der Waals surface area contributed by atoms with Gasteiger partial charge in [0.25, 0.3) is 0 Å². The van der Waals surface area contributed by atoms with E-state index in [1.165, 1.54) is 28.0 Å². The van der Waals surface area contributed by atoms with E-state index < -0.39 is 18.1 Å². The second-order valence-corrected chi connectivity index (χ2v) is 6.24. The Morgan fingerprint density at radius 2 is 2.52 bits per heavy atom. The van der Waals surface area contributed by atoms with E-state index in [0.717, 1.165) is 0 Å². The summed E-state index contributed by atoms with van der Waals surface area (Å²) in [6.07, 6.45) is 0.233. The van der Waals surface area contributed by atoms with Gasteiger partial charge in [-0.1, -0.05) is 11.8 Å². The van der Waals surface area contributed by atoms with Gasteiger partial charge in [0, 0.05) is 17.7 Å². The number of ether oxygens (including phenoxy) is 2. The predicted molar refractivity (Wildman–Crippen MR) is 76.7 cm³/mol. The molecule has 1 aromatic rings. The summed E-state index contributed by atoms with van der Waals surface area (Å²) in [5.41, 5.74) is 0.288. The molecule has 2 rings (SSSR count). The number of carbonyl (C=O) groups excluding carboxylic acids is 3. The van der Waals surface area contributed by atoms with Crippen molar-refractivity contribution in [2.45, 2.75) is 17.3 Å². The molecular weight excluding hydrogens is 316 g/mol. The largest absolute Gasteiger partial charge is 0.461 e. The van der Waals surface area contributed by atoms with Crippen molar-refractivity contribution in [3.63, 3.8) is 0 Å². The molecule has 1 aromatic heterocycles. The standard InChI is InChI=1S/C12H14N2O5S2/c1-2-18-10(16)9-7-21-11(13-9)20-4-3-14-8(5-15)6-19-12(14)17/h5,7-8H,2-4,6H2,1H3. The van der Waals surface area contributed by atoms with Crippen LogP contribution in [0, 0.1) is 0 Å². The molecular formula is C12H14N2O5S2. The quantitative estimate of drug-likeness (QED) is 0.425. The Morgan fingerprint density at radius 3 is 3.24 bits per heavy atom. The zero-order chi connectivity index (χ0) is 15.2. The first-order chi connectivity index (χ1) is 10.2. The molecule has 2 heterocycles. The van der Waals surface area contributed by atoms with Crippen LogP contribution >= 0.6 is 23.1 Å². The number of hydrogen-bond donors (Lipinski definition) is 0. The molecule has 1 fully saturated rings. The van der Waals surface area contributed by atoms with Crippen LogP contribution in [-0.4, -0.2) is 59.8 Å². The summed E-state index contributed by atoms with van der Waals surface area (Å²) in [6.45, 7) is 2.54. The first-order valence-electron chi connectivity index (χ1n) is 6.29. The molecule has 1 amide bonds. The first-order valence-corrected chi connectivity index (χ1v) is 8.16. The predicted octanol–water partition coefficient (Wildman–Crippen LogP) is 1.43. The minimum Gasteiger partial charge on any atom is -0.461 e. The van der Waals surface area contributed by atoms with Crippen molar-refractivity contribution in [2.24, 2.45) is 0 Å². The zero-order valence-electron chi connectivity index (χ0n) is 11.3. The van der Waals surface area contributed by atoms with E-state index in [1.807, 2.05) is 0 Å². The van der Waals surface area contributed by atoms with Crippen LogP contribution < -0.4 is 0 Å². The van der Waals surface area contributed by atoms with Crippen LogP contribution in [0.15, 0.2) is 9.72 Å². The second-order valence-electron chi connectivity index (χ2n) is 4.04. The molecule has 0 bridgehead atoms. The summed E-state index contributed by atoms with van der Waals surface area (Å²) in [5.74, 6) is 0.125. The number of thioether (sulfide) groups is 1. The van der Waals surface area contributed by atoms with Crippen molar-refractivity contribution in [3.8, 4) is 0 Å². The van der Waals surface area contributed by atoms with Crippen LogP contribution in [0.25, 0.3) is 0 Å². The number of aldehydes is 1. The Labute approximate surface area is 129 Å². The minimum absolute atomic E-state index is 0.108. The van der Waals surface area contributed by atoms with E-state index in [-0.39, 0.29) is 12.3 Å². The molecule has 0 saturated carbocycles. The summed E-state index contributed by atoms with van der Waals surface area (Å²) in [4.78, 5) is 39.2. The molecule has 0 radical (unpaired) electrons. The number of hydrogen-bond acceptors (Lipinski definition) is 8. The van der Waals surface area contributed by atoms with E-state index in [9.17, 15) is 14.4 Å². The summed E-state index contributed by atoms with van der Waals surface area (Å²) in [6, 6.07) is -0.510. The lowest BCUT2D eigenvalue weighted by Crippen LogP contribution is -2.36. The zero-order valence-corrected chi connectivity index (χ0v) is 12.9. The van der Waals surface area contributed by atoms with Gasteiger partial charge >= 0.3 is 12.1 Å². The number of carbonyl (C=O) groups is 3. The lowest BCUT2D eigenvalue weighted by atomic mass is 10.3. The summed E-state index contributed by atoms with van der Waals surface area (Å²) >= 11 is 2.75. The third-order valence-electron chi connectivity index (χ3n) is 2.69. The number of esters is 1. The van der Waals surface area contributed by atoms with Gasteiger partial charge in [-0.25, -0.2) is 14.6 Å². The van der Waals surface area contributed by atoms with Crippen molar-refractivity contribution in [3.05, 3.63) is 11.1 Å². The van der Waals surface area contributed by atoms with Crippen molar-refractivity contribution in [1.29, 1.82) is 0 Å². The van der Waals surface area contributed by atoms with E-state index in [2.05, 4.69) is 4.98 Å². The third kappa shape index (κ3) is 3.94. The van der Waals surface area contributed by atoms with Gasteiger partial charge in [0.15, 0.2) is 10.0 Å². The lowest BCUT2D eigenvalue weighted by Gasteiger charge is -2.15. The first kappa shape index (κ1) is 15.8. The minimum atomic E-state index is -0.510. The molecule has 1 saturated heterocycles. The van der Waals surface area contributed by atoms with E-state index in [0.29, 0.717) is 29.5 Å². The highest BCUT2D eigenvalue weighted by Gasteiger charge is 2.32. The monoisotopic (exact) mass is 330 g/mol. The number of nitrogens with zero attached hydrogens (tertiary/aromatic N) is 2. The smallest absolute Gasteiger partial charge is 0.410 e. The van der Waals surface area contributed by atoms with Gasteiger partial charge in [-0.3, -0.25) is 4.90 Å². The van der Waals surface area contributed by atoms with Gasteiger partial charge in [0.05, 0.1) is 6.61 Å². The normalized spacial score (nSPS) is 17.7. The molecule has 1 aliphatic rings. The second kappa shape index (κ2) is 7.41. The molecule has 1 unspecified atom stereocenters. The van der Waals surface area contributed by atoms with Crippen LogP contribution in [0.5, 0.6) is 0 Å².